The number of esters is 6. The molecule has 0 heterocycles. The Morgan fingerprint density at radius 1 is 0.784 bits per heavy atom. The normalized spacial score (nSPS) is 37.5. The van der Waals surface area contributed by atoms with Crippen molar-refractivity contribution in [2.45, 2.75) is 110 Å². The summed E-state index contributed by atoms with van der Waals surface area (Å²) in [6.07, 6.45) is -6.55. The van der Waals surface area contributed by atoms with E-state index in [0.717, 1.165) is 27.7 Å². The van der Waals surface area contributed by atoms with Gasteiger partial charge in [-0.1, -0.05) is 45.9 Å². The Morgan fingerprint density at radius 2 is 1.39 bits per heavy atom. The molecule has 11 atom stereocenters. The highest BCUT2D eigenvalue weighted by molar-refractivity contribution is 5.90. The summed E-state index contributed by atoms with van der Waals surface area (Å²) < 4.78 is 35.5. The number of ether oxygens (including phenoxy) is 6. The maximum Gasteiger partial charge on any atom is 0.344 e. The van der Waals surface area contributed by atoms with Crippen LogP contribution in [-0.4, -0.2) is 88.9 Å². The lowest BCUT2D eigenvalue weighted by Crippen LogP contribution is -2.70. The minimum absolute atomic E-state index is 0.175. The topological polar surface area (TPSA) is 195 Å². The molecule has 4 fully saturated rings. The zero-order valence-electron chi connectivity index (χ0n) is 30.1. The third-order valence-electron chi connectivity index (χ3n) is 11.3. The van der Waals surface area contributed by atoms with E-state index in [2.05, 4.69) is 0 Å². The van der Waals surface area contributed by atoms with Crippen LogP contribution in [0.15, 0.2) is 30.3 Å². The van der Waals surface area contributed by atoms with Crippen molar-refractivity contribution in [2.75, 3.05) is 6.61 Å². The third kappa shape index (κ3) is 6.40. The molecule has 14 heteroatoms. The monoisotopic (exact) mass is 714 g/mol. The molecule has 5 rings (SSSR count). The van der Waals surface area contributed by atoms with Gasteiger partial charge in [0, 0.05) is 45.4 Å². The van der Waals surface area contributed by atoms with Gasteiger partial charge < -0.3 is 33.5 Å². The van der Waals surface area contributed by atoms with Crippen molar-refractivity contribution < 1.29 is 67.1 Å². The van der Waals surface area contributed by atoms with E-state index < -0.39 is 113 Å². The minimum atomic E-state index is -2.22. The van der Waals surface area contributed by atoms with Crippen LogP contribution < -0.4 is 0 Å². The van der Waals surface area contributed by atoms with Gasteiger partial charge in [0.2, 0.25) is 0 Å². The Kier molecular flexibility index (Phi) is 9.91. The number of carbonyl (C=O) groups is 7. The maximum absolute atomic E-state index is 14.2. The first-order chi connectivity index (χ1) is 23.7. The molecule has 4 saturated carbocycles. The predicted molar refractivity (Wildman–Crippen MR) is 173 cm³/mol. The summed E-state index contributed by atoms with van der Waals surface area (Å²) in [5, 5.41) is 13.2. The lowest BCUT2D eigenvalue weighted by Gasteiger charge is -2.58. The van der Waals surface area contributed by atoms with Gasteiger partial charge in [-0.2, -0.15) is 0 Å². The van der Waals surface area contributed by atoms with Crippen molar-refractivity contribution in [3.8, 4) is 0 Å². The number of aliphatic hydroxyl groups is 1. The molecule has 0 amide bonds. The Hall–Kier alpha value is -4.33. The van der Waals surface area contributed by atoms with Crippen molar-refractivity contribution in [3.05, 3.63) is 35.9 Å². The zero-order valence-corrected chi connectivity index (χ0v) is 30.1. The molecular formula is C37H46O14. The quantitative estimate of drug-likeness (QED) is 0.305. The van der Waals surface area contributed by atoms with Gasteiger partial charge in [0.15, 0.2) is 24.4 Å². The molecule has 0 radical (unpaired) electrons. The summed E-state index contributed by atoms with van der Waals surface area (Å²) in [6, 6.07) is 8.03. The number of rotatable bonds is 8. The van der Waals surface area contributed by atoms with E-state index in [9.17, 15) is 38.7 Å². The molecule has 1 aromatic rings. The average Bonchev–Trinajstić information content (AvgIpc) is 3.41. The van der Waals surface area contributed by atoms with Crippen LogP contribution in [0.2, 0.25) is 0 Å². The summed E-state index contributed by atoms with van der Waals surface area (Å²) in [5.74, 6) is -9.32. The highest BCUT2D eigenvalue weighted by atomic mass is 16.6. The van der Waals surface area contributed by atoms with E-state index in [1.807, 2.05) is 0 Å². The third-order valence-corrected chi connectivity index (χ3v) is 11.3. The van der Waals surface area contributed by atoms with E-state index in [-0.39, 0.29) is 30.6 Å². The maximum atomic E-state index is 14.2. The fourth-order valence-corrected chi connectivity index (χ4v) is 9.77. The molecular weight excluding hydrogens is 668 g/mol. The first-order valence-electron chi connectivity index (χ1n) is 17.1. The van der Waals surface area contributed by atoms with Gasteiger partial charge in [-0.3, -0.25) is 24.0 Å². The summed E-state index contributed by atoms with van der Waals surface area (Å²) >= 11 is 0. The number of fused-ring (bicyclic) bond motifs is 5. The number of Topliss-reactive ketones (excluding diaryl/α,β-unsaturated/α-hetero) is 1. The number of hydrogen-bond donors (Lipinski definition) is 1. The second-order valence-electron chi connectivity index (χ2n) is 15.4. The van der Waals surface area contributed by atoms with Crippen LogP contribution in [0.4, 0.5) is 0 Å². The molecule has 0 unspecified atom stereocenters. The first kappa shape index (κ1) is 37.9. The van der Waals surface area contributed by atoms with E-state index >= 15 is 0 Å². The van der Waals surface area contributed by atoms with Gasteiger partial charge >= 0.3 is 35.8 Å². The molecule has 2 bridgehead atoms. The molecule has 0 saturated heterocycles. The smallest absolute Gasteiger partial charge is 0.344 e. The molecule has 4 aliphatic rings. The van der Waals surface area contributed by atoms with Gasteiger partial charge in [0.1, 0.15) is 23.6 Å². The molecule has 1 N–H and O–H groups in total. The molecule has 1 aromatic carbocycles. The van der Waals surface area contributed by atoms with Crippen LogP contribution in [-0.2, 0) is 57.2 Å². The SMILES string of the molecule is CC(=O)OCC(=O)O[C@@H]1[C@H]2[C@@H](OC(=O)c3ccccc3)[C@@H](C)C[C@]2(O)[C@H](OC(C)=O)[C@]2(C)[C@H]3CC(C)(C)C(=O)[C@@H]3C[C@]1(OC(C)=O)[C@@H]2OC(C)=O. The fourth-order valence-electron chi connectivity index (χ4n) is 9.77. The lowest BCUT2D eigenvalue weighted by atomic mass is 9.53. The van der Waals surface area contributed by atoms with Crippen molar-refractivity contribution in [3.63, 3.8) is 0 Å². The Balaban J connectivity index is 1.85. The van der Waals surface area contributed by atoms with Crippen molar-refractivity contribution in [1.29, 1.82) is 0 Å². The molecule has 51 heavy (non-hydrogen) atoms. The zero-order chi connectivity index (χ0) is 37.8. The molecule has 278 valence electrons. The molecule has 0 aromatic heterocycles. The average molecular weight is 715 g/mol. The molecule has 14 nitrogen and oxygen atoms in total. The highest BCUT2D eigenvalue weighted by Crippen LogP contribution is 2.69. The van der Waals surface area contributed by atoms with Crippen LogP contribution in [0.5, 0.6) is 0 Å². The van der Waals surface area contributed by atoms with Crippen LogP contribution in [0, 0.1) is 34.5 Å². The molecule has 4 aliphatic carbocycles. The Morgan fingerprint density at radius 3 is 1.96 bits per heavy atom. The van der Waals surface area contributed by atoms with E-state index in [1.54, 1.807) is 45.9 Å². The van der Waals surface area contributed by atoms with Crippen LogP contribution in [0.3, 0.4) is 0 Å². The van der Waals surface area contributed by atoms with Gasteiger partial charge in [-0.15, -0.1) is 0 Å². The second-order valence-corrected chi connectivity index (χ2v) is 15.4. The van der Waals surface area contributed by atoms with E-state index in [4.69, 9.17) is 28.4 Å². The van der Waals surface area contributed by atoms with Gasteiger partial charge in [0.25, 0.3) is 0 Å². The lowest BCUT2D eigenvalue weighted by molar-refractivity contribution is -0.269. The van der Waals surface area contributed by atoms with Crippen molar-refractivity contribution in [2.24, 2.45) is 34.5 Å². The van der Waals surface area contributed by atoms with Crippen molar-refractivity contribution in [1.82, 2.24) is 0 Å². The number of ketones is 1. The van der Waals surface area contributed by atoms with Gasteiger partial charge in [-0.25, -0.2) is 9.59 Å². The minimum Gasteiger partial charge on any atom is -0.459 e. The number of hydrogen-bond acceptors (Lipinski definition) is 14. The predicted octanol–water partition coefficient (Wildman–Crippen LogP) is 2.89. The largest absolute Gasteiger partial charge is 0.459 e. The van der Waals surface area contributed by atoms with Crippen LogP contribution in [0.25, 0.3) is 0 Å². The number of carbonyl (C=O) groups excluding carboxylic acids is 7. The first-order valence-corrected chi connectivity index (χ1v) is 17.1. The van der Waals surface area contributed by atoms with E-state index in [0.29, 0.717) is 0 Å². The van der Waals surface area contributed by atoms with E-state index in [1.165, 1.54) is 12.1 Å². The summed E-state index contributed by atoms with van der Waals surface area (Å²) in [4.78, 5) is 92.6. The summed E-state index contributed by atoms with van der Waals surface area (Å²) in [5.41, 5.74) is -6.86. The molecule has 0 spiro atoms. The standard InChI is InChI=1S/C37H46O14/c1-18-14-36(45)27(28(18)50-31(44)23-12-10-9-11-13-23)30(49-26(42)17-46-19(2)38)37(51-22(5)41)15-24-25(16-34(6,7)29(24)43)35(8,32(36)47-20(3)39)33(37)48-21(4)40/h9-13,18,24-25,27-28,30,32-33,45H,14-17H2,1-8H3/t18-,24+,25-,27+,28-,30+,32+,33+,35-,36+,37+/m0/s1. The van der Waals surface area contributed by atoms with Crippen LogP contribution in [0.1, 0.15) is 85.0 Å². The summed E-state index contributed by atoms with van der Waals surface area (Å²) in [7, 11) is 0. The fraction of sp³-hybridized carbons (Fsp3) is 0.649. The van der Waals surface area contributed by atoms with Gasteiger partial charge in [-0.05, 0) is 36.8 Å². The molecule has 0 aliphatic heterocycles. The summed E-state index contributed by atoms with van der Waals surface area (Å²) in [6.45, 7) is 10.4. The second kappa shape index (κ2) is 13.3. The Bertz CT molecular complexity index is 1620. The van der Waals surface area contributed by atoms with Gasteiger partial charge in [0.05, 0.1) is 16.9 Å². The van der Waals surface area contributed by atoms with Crippen molar-refractivity contribution >= 4 is 41.6 Å². The Labute approximate surface area is 295 Å². The highest BCUT2D eigenvalue weighted by Gasteiger charge is 2.82. The number of benzene rings is 1. The van der Waals surface area contributed by atoms with Crippen LogP contribution >= 0.6 is 0 Å².